The SMILES string of the molecule is COc1cc(C(=O)c2ccccc2)cc(CN(CC(=O)O)CC(=O)O)c1O. The van der Waals surface area contributed by atoms with E-state index in [4.69, 9.17) is 14.9 Å². The first-order valence-corrected chi connectivity index (χ1v) is 7.97. The van der Waals surface area contributed by atoms with E-state index >= 15 is 0 Å². The van der Waals surface area contributed by atoms with Crippen molar-refractivity contribution in [3.8, 4) is 11.5 Å². The minimum absolute atomic E-state index is 0.0392. The molecule has 0 aromatic heterocycles. The zero-order valence-corrected chi connectivity index (χ0v) is 14.6. The van der Waals surface area contributed by atoms with Crippen molar-refractivity contribution in [2.75, 3.05) is 20.2 Å². The molecule has 0 fully saturated rings. The number of ether oxygens (including phenoxy) is 1. The van der Waals surface area contributed by atoms with Crippen LogP contribution >= 0.6 is 0 Å². The third-order valence-electron chi connectivity index (χ3n) is 3.78. The Morgan fingerprint density at radius 2 is 1.56 bits per heavy atom. The van der Waals surface area contributed by atoms with E-state index in [1.165, 1.54) is 19.2 Å². The first kappa shape index (κ1) is 19.9. The van der Waals surface area contributed by atoms with Crippen LogP contribution in [-0.2, 0) is 16.1 Å². The average molecular weight is 373 g/mol. The van der Waals surface area contributed by atoms with Crippen LogP contribution in [0.5, 0.6) is 11.5 Å². The zero-order valence-electron chi connectivity index (χ0n) is 14.6. The Morgan fingerprint density at radius 3 is 2.07 bits per heavy atom. The summed E-state index contributed by atoms with van der Waals surface area (Å²) >= 11 is 0. The molecule has 27 heavy (non-hydrogen) atoms. The topological polar surface area (TPSA) is 124 Å². The second kappa shape index (κ2) is 8.81. The number of hydrogen-bond donors (Lipinski definition) is 3. The Bertz CT molecular complexity index is 833. The van der Waals surface area contributed by atoms with Gasteiger partial charge in [0.2, 0.25) is 0 Å². The lowest BCUT2D eigenvalue weighted by molar-refractivity contribution is -0.142. The molecular formula is C19H19NO7. The van der Waals surface area contributed by atoms with Crippen molar-refractivity contribution in [1.29, 1.82) is 0 Å². The maximum absolute atomic E-state index is 12.7. The molecule has 0 unspecified atom stereocenters. The van der Waals surface area contributed by atoms with Crippen LogP contribution in [0.4, 0.5) is 0 Å². The molecule has 2 aromatic carbocycles. The fourth-order valence-corrected chi connectivity index (χ4v) is 2.62. The molecule has 0 heterocycles. The van der Waals surface area contributed by atoms with Crippen LogP contribution in [-0.4, -0.2) is 58.1 Å². The van der Waals surface area contributed by atoms with Crippen molar-refractivity contribution in [2.45, 2.75) is 6.54 Å². The van der Waals surface area contributed by atoms with Gasteiger partial charge >= 0.3 is 11.9 Å². The minimum atomic E-state index is -1.21. The lowest BCUT2D eigenvalue weighted by Crippen LogP contribution is -2.34. The number of aliphatic carboxylic acids is 2. The molecule has 0 atom stereocenters. The van der Waals surface area contributed by atoms with E-state index < -0.39 is 25.0 Å². The Kier molecular flexibility index (Phi) is 6.51. The molecule has 3 N–H and O–H groups in total. The molecule has 0 saturated heterocycles. The molecule has 0 aliphatic rings. The fraction of sp³-hybridized carbons (Fsp3) is 0.211. The molecule has 0 aliphatic heterocycles. The monoisotopic (exact) mass is 373 g/mol. The number of methoxy groups -OCH3 is 1. The number of phenolic OH excluding ortho intramolecular Hbond substituents is 1. The first-order chi connectivity index (χ1) is 12.8. The molecule has 0 saturated carbocycles. The van der Waals surface area contributed by atoms with Crippen molar-refractivity contribution in [3.05, 3.63) is 59.2 Å². The lowest BCUT2D eigenvalue weighted by Gasteiger charge is -2.20. The molecule has 2 aromatic rings. The number of carboxylic acids is 2. The number of benzene rings is 2. The van der Waals surface area contributed by atoms with Crippen molar-refractivity contribution in [3.63, 3.8) is 0 Å². The van der Waals surface area contributed by atoms with Gasteiger partial charge in [0.05, 0.1) is 20.2 Å². The third-order valence-corrected chi connectivity index (χ3v) is 3.78. The van der Waals surface area contributed by atoms with Crippen molar-refractivity contribution in [2.24, 2.45) is 0 Å². The van der Waals surface area contributed by atoms with Crippen LogP contribution in [0.15, 0.2) is 42.5 Å². The van der Waals surface area contributed by atoms with Crippen LogP contribution in [0.2, 0.25) is 0 Å². The number of carbonyl (C=O) groups is 3. The van der Waals surface area contributed by atoms with Crippen LogP contribution < -0.4 is 4.74 Å². The van der Waals surface area contributed by atoms with Gasteiger partial charge < -0.3 is 20.1 Å². The molecule has 142 valence electrons. The fourth-order valence-electron chi connectivity index (χ4n) is 2.62. The number of hydrogen-bond acceptors (Lipinski definition) is 6. The maximum atomic E-state index is 12.7. The number of carbonyl (C=O) groups excluding carboxylic acids is 1. The summed E-state index contributed by atoms with van der Waals surface area (Å²) in [5.74, 6) is -2.96. The number of carboxylic acid groups (broad SMARTS) is 2. The summed E-state index contributed by atoms with van der Waals surface area (Å²) in [6, 6.07) is 11.3. The highest BCUT2D eigenvalue weighted by Gasteiger charge is 2.20. The third kappa shape index (κ3) is 5.29. The van der Waals surface area contributed by atoms with Gasteiger partial charge in [0, 0.05) is 23.2 Å². The zero-order chi connectivity index (χ0) is 20.0. The van der Waals surface area contributed by atoms with E-state index in [1.807, 2.05) is 0 Å². The predicted octanol–water partition coefficient (Wildman–Crippen LogP) is 1.60. The Hall–Kier alpha value is -3.39. The molecule has 0 radical (unpaired) electrons. The quantitative estimate of drug-likeness (QED) is 0.566. The van der Waals surface area contributed by atoms with E-state index in [0.717, 1.165) is 4.90 Å². The normalized spacial score (nSPS) is 10.6. The van der Waals surface area contributed by atoms with Gasteiger partial charge in [-0.05, 0) is 12.1 Å². The Labute approximate surface area is 155 Å². The molecule has 8 heteroatoms. The summed E-state index contributed by atoms with van der Waals surface area (Å²) in [6.07, 6.45) is 0. The molecule has 0 spiro atoms. The number of nitrogens with zero attached hydrogens (tertiary/aromatic N) is 1. The van der Waals surface area contributed by atoms with Crippen LogP contribution in [0.1, 0.15) is 21.5 Å². The molecule has 0 amide bonds. The predicted molar refractivity (Wildman–Crippen MR) is 95.1 cm³/mol. The minimum Gasteiger partial charge on any atom is -0.504 e. The summed E-state index contributed by atoms with van der Waals surface area (Å²) in [4.78, 5) is 35.7. The maximum Gasteiger partial charge on any atom is 0.317 e. The lowest BCUT2D eigenvalue weighted by atomic mass is 10.00. The first-order valence-electron chi connectivity index (χ1n) is 7.97. The number of rotatable bonds is 9. The standard InChI is InChI=1S/C19H19NO7/c1-27-15-8-13(18(25)12-5-3-2-4-6-12)7-14(19(15)26)9-20(10-16(21)22)11-17(23)24/h2-8,26H,9-11H2,1H3,(H,21,22)(H,23,24). The summed E-state index contributed by atoms with van der Waals surface area (Å²) in [5.41, 5.74) is 0.858. The second-order valence-corrected chi connectivity index (χ2v) is 5.81. The summed E-state index contributed by atoms with van der Waals surface area (Å²) < 4.78 is 5.10. The van der Waals surface area contributed by atoms with Gasteiger partial charge in [-0.2, -0.15) is 0 Å². The van der Waals surface area contributed by atoms with Gasteiger partial charge in [-0.25, -0.2) is 0 Å². The Balaban J connectivity index is 2.41. The van der Waals surface area contributed by atoms with E-state index in [-0.39, 0.29) is 35.0 Å². The smallest absolute Gasteiger partial charge is 0.317 e. The molecule has 2 rings (SSSR count). The van der Waals surface area contributed by atoms with Gasteiger partial charge in [-0.3, -0.25) is 19.3 Å². The number of aromatic hydroxyl groups is 1. The van der Waals surface area contributed by atoms with Crippen LogP contribution in [0, 0.1) is 0 Å². The molecular weight excluding hydrogens is 354 g/mol. The van der Waals surface area contributed by atoms with E-state index in [9.17, 15) is 19.5 Å². The highest BCUT2D eigenvalue weighted by atomic mass is 16.5. The largest absolute Gasteiger partial charge is 0.504 e. The molecule has 0 bridgehead atoms. The molecule has 0 aliphatic carbocycles. The van der Waals surface area contributed by atoms with Crippen molar-refractivity contribution < 1.29 is 34.4 Å². The Morgan fingerprint density at radius 1 is 0.963 bits per heavy atom. The van der Waals surface area contributed by atoms with Gasteiger partial charge in [-0.15, -0.1) is 0 Å². The highest BCUT2D eigenvalue weighted by Crippen LogP contribution is 2.33. The van der Waals surface area contributed by atoms with E-state index in [0.29, 0.717) is 5.56 Å². The van der Waals surface area contributed by atoms with E-state index in [1.54, 1.807) is 30.3 Å². The van der Waals surface area contributed by atoms with Crippen LogP contribution in [0.3, 0.4) is 0 Å². The molecule has 8 nitrogen and oxygen atoms in total. The average Bonchev–Trinajstić information content (AvgIpc) is 2.62. The van der Waals surface area contributed by atoms with Crippen molar-refractivity contribution >= 4 is 17.7 Å². The van der Waals surface area contributed by atoms with E-state index in [2.05, 4.69) is 0 Å². The van der Waals surface area contributed by atoms with Gasteiger partial charge in [0.25, 0.3) is 0 Å². The highest BCUT2D eigenvalue weighted by molar-refractivity contribution is 6.09. The van der Waals surface area contributed by atoms with Crippen LogP contribution in [0.25, 0.3) is 0 Å². The summed E-state index contributed by atoms with van der Waals surface area (Å²) in [6.45, 7) is -1.26. The second-order valence-electron chi connectivity index (χ2n) is 5.81. The summed E-state index contributed by atoms with van der Waals surface area (Å²) in [5, 5.41) is 28.2. The van der Waals surface area contributed by atoms with Gasteiger partial charge in [0.1, 0.15) is 0 Å². The summed E-state index contributed by atoms with van der Waals surface area (Å²) in [7, 11) is 1.32. The number of phenols is 1. The van der Waals surface area contributed by atoms with Gasteiger partial charge in [0.15, 0.2) is 17.3 Å². The van der Waals surface area contributed by atoms with Gasteiger partial charge in [-0.1, -0.05) is 30.3 Å². The number of ketones is 1. The van der Waals surface area contributed by atoms with Crippen molar-refractivity contribution in [1.82, 2.24) is 4.90 Å².